The molecule has 3 heterocycles. The maximum Gasteiger partial charge on any atom is 0.138 e. The third-order valence-corrected chi connectivity index (χ3v) is 4.15. The molecule has 2 aromatic carbocycles. The summed E-state index contributed by atoms with van der Waals surface area (Å²) in [5, 5.41) is 2.56. The number of pyridine rings is 1. The third-order valence-electron chi connectivity index (χ3n) is 4.15. The molecular weight excluding hydrogens is 256 g/mol. The zero-order valence-corrected chi connectivity index (χ0v) is 11.3. The van der Waals surface area contributed by atoms with Crippen molar-refractivity contribution in [3.05, 3.63) is 72.8 Å². The fraction of sp³-hybridized carbons (Fsp3) is 0. The molecule has 5 rings (SSSR count). The van der Waals surface area contributed by atoms with Gasteiger partial charge in [0.25, 0.3) is 0 Å². The molecule has 0 spiro atoms. The van der Waals surface area contributed by atoms with E-state index >= 15 is 0 Å². The standard InChI is InChI=1S/C19H12N2/c1-2-7-13(8-3-1)18-19-15-10-5-4-9-14(15)16-11-6-12-17(20-18)21(16)19/h1-12H. The molecule has 2 nitrogen and oxygen atoms in total. The second kappa shape index (κ2) is 3.83. The lowest BCUT2D eigenvalue weighted by molar-refractivity contribution is 1.31. The zero-order chi connectivity index (χ0) is 13.8. The van der Waals surface area contributed by atoms with E-state index in [1.165, 1.54) is 27.4 Å². The summed E-state index contributed by atoms with van der Waals surface area (Å²) in [5.74, 6) is 0. The Labute approximate surface area is 121 Å². The minimum atomic E-state index is 1.01. The van der Waals surface area contributed by atoms with Crippen molar-refractivity contribution in [2.75, 3.05) is 0 Å². The number of hydrogen-bond acceptors (Lipinski definition) is 1. The monoisotopic (exact) mass is 268 g/mol. The van der Waals surface area contributed by atoms with Crippen LogP contribution in [-0.2, 0) is 0 Å². The number of benzene rings is 2. The molecule has 0 radical (unpaired) electrons. The average Bonchev–Trinajstić information content (AvgIpc) is 3.10. The Balaban J connectivity index is 2.07. The van der Waals surface area contributed by atoms with Crippen molar-refractivity contribution < 1.29 is 0 Å². The molecule has 3 aromatic heterocycles. The number of imidazole rings is 1. The van der Waals surface area contributed by atoms with E-state index in [0.29, 0.717) is 0 Å². The van der Waals surface area contributed by atoms with Crippen LogP contribution in [0.4, 0.5) is 0 Å². The van der Waals surface area contributed by atoms with E-state index in [0.717, 1.165) is 11.3 Å². The first-order chi connectivity index (χ1) is 10.4. The van der Waals surface area contributed by atoms with Crippen LogP contribution in [0.5, 0.6) is 0 Å². The Morgan fingerprint density at radius 1 is 0.667 bits per heavy atom. The maximum absolute atomic E-state index is 4.86. The van der Waals surface area contributed by atoms with Crippen molar-refractivity contribution in [2.24, 2.45) is 0 Å². The molecule has 0 atom stereocenters. The van der Waals surface area contributed by atoms with Crippen molar-refractivity contribution in [1.29, 1.82) is 0 Å². The van der Waals surface area contributed by atoms with E-state index < -0.39 is 0 Å². The SMILES string of the molecule is c1ccc(-c2nc3cccc4c5ccccc5c2n34)cc1. The highest BCUT2D eigenvalue weighted by Crippen LogP contribution is 2.36. The minimum Gasteiger partial charge on any atom is -0.292 e. The van der Waals surface area contributed by atoms with E-state index in [4.69, 9.17) is 4.98 Å². The van der Waals surface area contributed by atoms with Crippen LogP contribution in [0, 0.1) is 0 Å². The van der Waals surface area contributed by atoms with Crippen LogP contribution in [-0.4, -0.2) is 9.38 Å². The van der Waals surface area contributed by atoms with Gasteiger partial charge in [-0.05, 0) is 12.1 Å². The molecule has 0 aliphatic rings. The first-order valence-corrected chi connectivity index (χ1v) is 7.10. The van der Waals surface area contributed by atoms with E-state index in [1.807, 2.05) is 6.07 Å². The highest BCUT2D eigenvalue weighted by molar-refractivity contribution is 6.13. The number of fused-ring (bicyclic) bond motifs is 3. The minimum absolute atomic E-state index is 1.01. The lowest BCUT2D eigenvalue weighted by Gasteiger charge is -1.97. The number of hydrogen-bond donors (Lipinski definition) is 0. The van der Waals surface area contributed by atoms with Crippen molar-refractivity contribution in [2.45, 2.75) is 0 Å². The van der Waals surface area contributed by atoms with Crippen LogP contribution in [0.25, 0.3) is 38.7 Å². The highest BCUT2D eigenvalue weighted by atomic mass is 15.0. The van der Waals surface area contributed by atoms with Gasteiger partial charge in [0, 0.05) is 16.3 Å². The molecule has 0 aliphatic carbocycles. The van der Waals surface area contributed by atoms with Gasteiger partial charge in [-0.25, -0.2) is 4.98 Å². The van der Waals surface area contributed by atoms with Gasteiger partial charge < -0.3 is 0 Å². The first kappa shape index (κ1) is 10.9. The molecule has 5 aromatic rings. The van der Waals surface area contributed by atoms with Gasteiger partial charge in [-0.2, -0.15) is 0 Å². The quantitative estimate of drug-likeness (QED) is 0.429. The molecule has 0 N–H and O–H groups in total. The predicted octanol–water partition coefficient (Wildman–Crippen LogP) is 4.75. The van der Waals surface area contributed by atoms with Crippen LogP contribution >= 0.6 is 0 Å². The van der Waals surface area contributed by atoms with E-state index in [1.54, 1.807) is 0 Å². The van der Waals surface area contributed by atoms with Gasteiger partial charge in [-0.15, -0.1) is 0 Å². The van der Waals surface area contributed by atoms with Crippen molar-refractivity contribution in [1.82, 2.24) is 9.38 Å². The average molecular weight is 268 g/mol. The molecule has 0 saturated carbocycles. The van der Waals surface area contributed by atoms with E-state index in [-0.39, 0.29) is 0 Å². The predicted molar refractivity (Wildman–Crippen MR) is 86.8 cm³/mol. The molecule has 0 unspecified atom stereocenters. The Bertz CT molecular complexity index is 1070. The molecule has 0 bridgehead atoms. The second-order valence-electron chi connectivity index (χ2n) is 5.33. The van der Waals surface area contributed by atoms with Gasteiger partial charge >= 0.3 is 0 Å². The molecule has 21 heavy (non-hydrogen) atoms. The molecule has 0 fully saturated rings. The fourth-order valence-electron chi connectivity index (χ4n) is 3.26. The van der Waals surface area contributed by atoms with Gasteiger partial charge in [0.2, 0.25) is 0 Å². The largest absolute Gasteiger partial charge is 0.292 e. The maximum atomic E-state index is 4.86. The summed E-state index contributed by atoms with van der Waals surface area (Å²) in [6.07, 6.45) is 0. The van der Waals surface area contributed by atoms with Crippen molar-refractivity contribution in [3.63, 3.8) is 0 Å². The van der Waals surface area contributed by atoms with Crippen LogP contribution < -0.4 is 0 Å². The third kappa shape index (κ3) is 1.34. The summed E-state index contributed by atoms with van der Waals surface area (Å²) in [4.78, 5) is 4.86. The van der Waals surface area contributed by atoms with Gasteiger partial charge in [0.15, 0.2) is 0 Å². The Kier molecular flexibility index (Phi) is 1.98. The fourth-order valence-corrected chi connectivity index (χ4v) is 3.26. The zero-order valence-electron chi connectivity index (χ0n) is 11.3. The number of nitrogens with zero attached hydrogens (tertiary/aromatic N) is 2. The molecule has 0 saturated heterocycles. The lowest BCUT2D eigenvalue weighted by atomic mass is 10.1. The topological polar surface area (TPSA) is 17.3 Å². The van der Waals surface area contributed by atoms with Gasteiger partial charge in [0.05, 0.1) is 16.7 Å². The molecular formula is C19H12N2. The normalized spacial score (nSPS) is 11.8. The lowest BCUT2D eigenvalue weighted by Crippen LogP contribution is -1.80. The Morgan fingerprint density at radius 3 is 2.29 bits per heavy atom. The van der Waals surface area contributed by atoms with Crippen LogP contribution in [0.2, 0.25) is 0 Å². The van der Waals surface area contributed by atoms with E-state index in [2.05, 4.69) is 71.1 Å². The molecule has 0 aliphatic heterocycles. The van der Waals surface area contributed by atoms with Crippen LogP contribution in [0.15, 0.2) is 72.8 Å². The molecule has 2 heteroatoms. The summed E-state index contributed by atoms with van der Waals surface area (Å²) in [7, 11) is 0. The smallest absolute Gasteiger partial charge is 0.138 e. The van der Waals surface area contributed by atoms with Crippen LogP contribution in [0.3, 0.4) is 0 Å². The van der Waals surface area contributed by atoms with E-state index in [9.17, 15) is 0 Å². The second-order valence-corrected chi connectivity index (χ2v) is 5.33. The molecule has 0 amide bonds. The molecule has 98 valence electrons. The van der Waals surface area contributed by atoms with Gasteiger partial charge in [-0.1, -0.05) is 60.7 Å². The Morgan fingerprint density at radius 2 is 1.43 bits per heavy atom. The highest BCUT2D eigenvalue weighted by Gasteiger charge is 2.17. The number of aromatic nitrogens is 2. The number of rotatable bonds is 1. The summed E-state index contributed by atoms with van der Waals surface area (Å²) in [6.45, 7) is 0. The van der Waals surface area contributed by atoms with Crippen LogP contribution in [0.1, 0.15) is 0 Å². The van der Waals surface area contributed by atoms with Gasteiger partial charge in [0.1, 0.15) is 5.65 Å². The first-order valence-electron chi connectivity index (χ1n) is 7.10. The summed E-state index contributed by atoms with van der Waals surface area (Å²) in [6, 6.07) is 25.3. The van der Waals surface area contributed by atoms with Crippen molar-refractivity contribution in [3.8, 4) is 11.3 Å². The summed E-state index contributed by atoms with van der Waals surface area (Å²) in [5.41, 5.74) is 5.68. The summed E-state index contributed by atoms with van der Waals surface area (Å²) < 4.78 is 2.27. The summed E-state index contributed by atoms with van der Waals surface area (Å²) >= 11 is 0. The van der Waals surface area contributed by atoms with Gasteiger partial charge in [-0.3, -0.25) is 4.40 Å². The van der Waals surface area contributed by atoms with Crippen molar-refractivity contribution >= 4 is 27.5 Å². The Hall–Kier alpha value is -2.87.